The molecule has 5 heteroatoms. The van der Waals surface area contributed by atoms with Gasteiger partial charge in [0.2, 0.25) is 0 Å². The Bertz CT molecular complexity index is 108. The zero-order chi connectivity index (χ0) is 17.1. The van der Waals surface area contributed by atoms with E-state index in [4.69, 9.17) is 5.11 Å². The molecule has 0 aromatic heterocycles. The second-order valence-corrected chi connectivity index (χ2v) is 4.91. The van der Waals surface area contributed by atoms with Crippen molar-refractivity contribution in [1.29, 1.82) is 0 Å². The zero-order valence-corrected chi connectivity index (χ0v) is 16.5. The van der Waals surface area contributed by atoms with Gasteiger partial charge in [0.15, 0.2) is 0 Å². The molecule has 0 amide bonds. The molecule has 0 radical (unpaired) electrons. The zero-order valence-electron chi connectivity index (χ0n) is 15.4. The molecule has 0 fully saturated rings. The van der Waals surface area contributed by atoms with Crippen LogP contribution in [0.15, 0.2) is 0 Å². The maximum Gasteiger partial charge on any atom is 3.00 e. The van der Waals surface area contributed by atoms with Crippen LogP contribution in [0.2, 0.25) is 0 Å². The van der Waals surface area contributed by atoms with Gasteiger partial charge in [-0.15, -0.1) is 18.3 Å². The molecule has 0 saturated carbocycles. The molecule has 0 saturated heterocycles. The van der Waals surface area contributed by atoms with Crippen molar-refractivity contribution in [3.8, 4) is 0 Å². The van der Waals surface area contributed by atoms with E-state index in [1.165, 1.54) is 0 Å². The number of hydrogen-bond donors (Lipinski definition) is 1. The molecule has 21 heavy (non-hydrogen) atoms. The second-order valence-electron chi connectivity index (χ2n) is 4.91. The first-order valence-electron chi connectivity index (χ1n) is 7.74. The molecule has 0 rings (SSSR count). The van der Waals surface area contributed by atoms with E-state index in [0.717, 1.165) is 25.7 Å². The van der Waals surface area contributed by atoms with Gasteiger partial charge in [0.25, 0.3) is 0 Å². The van der Waals surface area contributed by atoms with Gasteiger partial charge in [-0.3, -0.25) is 0 Å². The maximum absolute atomic E-state index is 9.90. The summed E-state index contributed by atoms with van der Waals surface area (Å²) >= 11 is 0. The van der Waals surface area contributed by atoms with Crippen LogP contribution in [-0.4, -0.2) is 46.9 Å². The number of hydrogen-bond acceptors (Lipinski definition) is 4. The van der Waals surface area contributed by atoms with Crippen molar-refractivity contribution in [2.24, 2.45) is 0 Å². The number of aliphatic hydroxyl groups excluding tert-OH is 1. The van der Waals surface area contributed by atoms with Gasteiger partial charge in [-0.1, -0.05) is 67.7 Å². The van der Waals surface area contributed by atoms with E-state index in [1.54, 1.807) is 27.7 Å². The van der Waals surface area contributed by atoms with Crippen LogP contribution < -0.4 is 15.3 Å². The minimum absolute atomic E-state index is 0. The molecule has 4 unspecified atom stereocenters. The summed E-state index contributed by atoms with van der Waals surface area (Å²) in [7, 11) is 0. The van der Waals surface area contributed by atoms with Gasteiger partial charge >= 0.3 is 17.4 Å². The minimum atomic E-state index is -0.366. The molecule has 0 aromatic carbocycles. The van der Waals surface area contributed by atoms with Gasteiger partial charge in [-0.05, 0) is 13.3 Å². The predicted molar refractivity (Wildman–Crippen MR) is 87.0 cm³/mol. The predicted octanol–water partition coefficient (Wildman–Crippen LogP) is 0.832. The molecular weight excluding hydrogens is 283 g/mol. The third-order valence-corrected chi connectivity index (χ3v) is 2.32. The molecule has 0 spiro atoms. The van der Waals surface area contributed by atoms with Crippen LogP contribution in [0.3, 0.4) is 0 Å². The average molecular weight is 320 g/mol. The first kappa shape index (κ1) is 33.1. The van der Waals surface area contributed by atoms with E-state index < -0.39 is 0 Å². The molecule has 0 heterocycles. The van der Waals surface area contributed by atoms with Crippen molar-refractivity contribution in [1.82, 2.24) is 0 Å². The smallest absolute Gasteiger partial charge is 0.852 e. The largest absolute Gasteiger partial charge is 3.00 e. The Balaban J connectivity index is -0.0000000533. The molecule has 128 valence electrons. The van der Waals surface area contributed by atoms with Crippen molar-refractivity contribution in [2.45, 2.75) is 105 Å². The summed E-state index contributed by atoms with van der Waals surface area (Å²) < 4.78 is 0. The standard InChI is InChI=1S/C4H10O.3C4H9O.Al/c4*1-3-4(2)5;/h4-5H,3H2,1-2H3;3*4H,3H2,1-2H3;/q;3*-1;+3. The molecule has 1 N–H and O–H groups in total. The molecule has 0 aromatic rings. The minimum Gasteiger partial charge on any atom is -0.852 e. The van der Waals surface area contributed by atoms with Gasteiger partial charge in [-0.2, -0.15) is 0 Å². The summed E-state index contributed by atoms with van der Waals surface area (Å²) in [6, 6.07) is 0. The Morgan fingerprint density at radius 1 is 0.619 bits per heavy atom. The van der Waals surface area contributed by atoms with Crippen LogP contribution in [0.1, 0.15) is 81.1 Å². The summed E-state index contributed by atoms with van der Waals surface area (Å²) in [6.07, 6.45) is 1.90. The summed E-state index contributed by atoms with van der Waals surface area (Å²) in [6.45, 7) is 14.4. The van der Waals surface area contributed by atoms with Crippen molar-refractivity contribution in [3.05, 3.63) is 0 Å². The van der Waals surface area contributed by atoms with Gasteiger partial charge in [0.05, 0.1) is 6.10 Å². The van der Waals surface area contributed by atoms with Gasteiger partial charge in [0.1, 0.15) is 0 Å². The van der Waals surface area contributed by atoms with Crippen molar-refractivity contribution >= 4 is 17.4 Å². The Hall–Kier alpha value is 0.372. The average Bonchev–Trinajstić information content (AvgIpc) is 2.40. The molecule has 4 atom stereocenters. The Kier molecular flexibility index (Phi) is 44.9. The van der Waals surface area contributed by atoms with E-state index >= 15 is 0 Å². The second kappa shape index (κ2) is 28.5. The van der Waals surface area contributed by atoms with Crippen LogP contribution in [0.5, 0.6) is 0 Å². The van der Waals surface area contributed by atoms with Crippen molar-refractivity contribution in [2.75, 3.05) is 0 Å². The van der Waals surface area contributed by atoms with Gasteiger partial charge < -0.3 is 20.4 Å². The van der Waals surface area contributed by atoms with E-state index in [-0.39, 0.29) is 41.8 Å². The molecule has 4 nitrogen and oxygen atoms in total. The van der Waals surface area contributed by atoms with Crippen LogP contribution >= 0.6 is 0 Å². The topological polar surface area (TPSA) is 89.4 Å². The third kappa shape index (κ3) is 98.1. The van der Waals surface area contributed by atoms with Gasteiger partial charge in [-0.25, -0.2) is 0 Å². The van der Waals surface area contributed by atoms with Crippen LogP contribution in [0.25, 0.3) is 0 Å². The number of rotatable bonds is 4. The van der Waals surface area contributed by atoms with Crippen molar-refractivity contribution in [3.63, 3.8) is 0 Å². The van der Waals surface area contributed by atoms with E-state index in [0.29, 0.717) is 0 Å². The van der Waals surface area contributed by atoms with Crippen LogP contribution in [0, 0.1) is 0 Å². The molecular formula is C16H37AlO4. The van der Waals surface area contributed by atoms with E-state index in [2.05, 4.69) is 0 Å². The first-order valence-corrected chi connectivity index (χ1v) is 7.74. The normalized spacial score (nSPS) is 14.3. The Morgan fingerprint density at radius 3 is 0.714 bits per heavy atom. The summed E-state index contributed by atoms with van der Waals surface area (Å²) in [5.74, 6) is 0. The summed E-state index contributed by atoms with van der Waals surface area (Å²) in [4.78, 5) is 0. The fourth-order valence-electron chi connectivity index (χ4n) is 0. The van der Waals surface area contributed by atoms with E-state index in [1.807, 2.05) is 27.7 Å². The molecule has 0 aliphatic carbocycles. The molecule has 0 aliphatic heterocycles. The van der Waals surface area contributed by atoms with Crippen LogP contribution in [0.4, 0.5) is 0 Å². The Morgan fingerprint density at radius 2 is 0.714 bits per heavy atom. The Labute approximate surface area is 143 Å². The van der Waals surface area contributed by atoms with E-state index in [9.17, 15) is 15.3 Å². The monoisotopic (exact) mass is 320 g/mol. The van der Waals surface area contributed by atoms with Gasteiger partial charge in [0, 0.05) is 0 Å². The fraction of sp³-hybridized carbons (Fsp3) is 1.00. The molecule has 0 bridgehead atoms. The summed E-state index contributed by atoms with van der Waals surface area (Å²) in [5, 5.41) is 38.0. The third-order valence-electron chi connectivity index (χ3n) is 2.32. The van der Waals surface area contributed by atoms with Crippen molar-refractivity contribution < 1.29 is 20.4 Å². The molecule has 0 aliphatic rings. The SMILES string of the molecule is CCC(C)O.CCC(C)[O-].CCC(C)[O-].CCC(C)[O-].[Al+3]. The number of aliphatic hydroxyl groups is 1. The summed E-state index contributed by atoms with van der Waals surface area (Å²) in [5.41, 5.74) is 0. The van der Waals surface area contributed by atoms with Crippen LogP contribution in [-0.2, 0) is 0 Å². The first-order chi connectivity index (χ1) is 9.08. The fourth-order valence-corrected chi connectivity index (χ4v) is 0. The maximum atomic E-state index is 9.90. The quantitative estimate of drug-likeness (QED) is 0.777.